The minimum Gasteiger partial charge on any atom is -0.478 e. The molecule has 0 saturated heterocycles. The van der Waals surface area contributed by atoms with Crippen LogP contribution in [-0.4, -0.2) is 17.6 Å². The van der Waals surface area contributed by atoms with Crippen LogP contribution in [0.2, 0.25) is 0 Å². The molecular formula is C11H13NO2S. The van der Waals surface area contributed by atoms with Gasteiger partial charge in [-0.15, -0.1) is 23.7 Å². The fourth-order valence-electron chi connectivity index (χ4n) is 1.11. The Labute approximate surface area is 93.1 Å². The molecule has 80 valence electrons. The largest absolute Gasteiger partial charge is 0.478 e. The second kappa shape index (κ2) is 6.23. The maximum atomic E-state index is 10.6. The second-order valence-corrected chi connectivity index (χ2v) is 4.09. The van der Waals surface area contributed by atoms with E-state index in [0.717, 1.165) is 24.3 Å². The molecule has 0 aliphatic carbocycles. The Hall–Kier alpha value is -1.31. The van der Waals surface area contributed by atoms with Crippen LogP contribution in [0, 0.1) is 12.3 Å². The minimum absolute atomic E-state index is 0.362. The van der Waals surface area contributed by atoms with E-state index in [9.17, 15) is 4.79 Å². The predicted octanol–water partition coefficient (Wildman–Crippen LogP) is 1.95. The third-order valence-corrected chi connectivity index (χ3v) is 2.81. The lowest BCUT2D eigenvalue weighted by Crippen LogP contribution is -2.13. The molecule has 0 saturated carbocycles. The number of hydrogen-bond acceptors (Lipinski definition) is 3. The molecule has 1 aromatic rings. The van der Waals surface area contributed by atoms with Crippen molar-refractivity contribution in [3.8, 4) is 12.3 Å². The fraction of sp³-hybridized carbons (Fsp3) is 0.364. The van der Waals surface area contributed by atoms with Crippen LogP contribution >= 0.6 is 11.3 Å². The SMILES string of the molecule is C#CCCCNCc1cc(C(=O)O)cs1. The first kappa shape index (κ1) is 11.8. The lowest BCUT2D eigenvalue weighted by molar-refractivity contribution is 0.0697. The number of thiophene rings is 1. The van der Waals surface area contributed by atoms with Crippen LogP contribution in [0.3, 0.4) is 0 Å². The van der Waals surface area contributed by atoms with Gasteiger partial charge in [-0.05, 0) is 19.0 Å². The molecule has 15 heavy (non-hydrogen) atoms. The molecule has 1 heterocycles. The Morgan fingerprint density at radius 2 is 2.47 bits per heavy atom. The van der Waals surface area contributed by atoms with Crippen molar-refractivity contribution in [2.45, 2.75) is 19.4 Å². The molecule has 0 amide bonds. The highest BCUT2D eigenvalue weighted by atomic mass is 32.1. The van der Waals surface area contributed by atoms with Gasteiger partial charge in [0.05, 0.1) is 5.56 Å². The molecule has 0 atom stereocenters. The quantitative estimate of drug-likeness (QED) is 0.572. The van der Waals surface area contributed by atoms with Gasteiger partial charge in [-0.2, -0.15) is 0 Å². The molecule has 1 rings (SSSR count). The number of nitrogens with one attached hydrogen (secondary N) is 1. The van der Waals surface area contributed by atoms with Gasteiger partial charge in [0.25, 0.3) is 0 Å². The number of hydrogen-bond donors (Lipinski definition) is 2. The van der Waals surface area contributed by atoms with E-state index in [1.54, 1.807) is 11.4 Å². The summed E-state index contributed by atoms with van der Waals surface area (Å²) in [4.78, 5) is 11.6. The van der Waals surface area contributed by atoms with Crippen molar-refractivity contribution in [1.82, 2.24) is 5.32 Å². The van der Waals surface area contributed by atoms with Gasteiger partial charge >= 0.3 is 5.97 Å². The highest BCUT2D eigenvalue weighted by Crippen LogP contribution is 2.14. The van der Waals surface area contributed by atoms with E-state index in [1.165, 1.54) is 11.3 Å². The molecular weight excluding hydrogens is 210 g/mol. The van der Waals surface area contributed by atoms with Crippen molar-refractivity contribution in [2.24, 2.45) is 0 Å². The third kappa shape index (κ3) is 4.15. The van der Waals surface area contributed by atoms with E-state index in [2.05, 4.69) is 11.2 Å². The number of terminal acetylenes is 1. The average molecular weight is 223 g/mol. The first-order valence-corrected chi connectivity index (χ1v) is 5.57. The summed E-state index contributed by atoms with van der Waals surface area (Å²) in [6.07, 6.45) is 6.85. The first-order valence-electron chi connectivity index (χ1n) is 4.69. The van der Waals surface area contributed by atoms with Crippen molar-refractivity contribution in [3.05, 3.63) is 21.9 Å². The van der Waals surface area contributed by atoms with Gasteiger partial charge in [-0.3, -0.25) is 0 Å². The first-order chi connectivity index (χ1) is 7.24. The van der Waals surface area contributed by atoms with Gasteiger partial charge in [0.1, 0.15) is 0 Å². The molecule has 4 heteroatoms. The average Bonchev–Trinajstić information content (AvgIpc) is 2.66. The summed E-state index contributed by atoms with van der Waals surface area (Å²) in [6, 6.07) is 1.70. The zero-order valence-corrected chi connectivity index (χ0v) is 9.14. The van der Waals surface area contributed by atoms with Gasteiger partial charge in [0.2, 0.25) is 0 Å². The standard InChI is InChI=1S/C11H13NO2S/c1-2-3-4-5-12-7-10-6-9(8-15-10)11(13)14/h1,6,8,12H,3-5,7H2,(H,13,14). The summed E-state index contributed by atoms with van der Waals surface area (Å²) in [5, 5.41) is 13.6. The molecule has 0 bridgehead atoms. The predicted molar refractivity (Wildman–Crippen MR) is 61.1 cm³/mol. The van der Waals surface area contributed by atoms with Gasteiger partial charge in [0, 0.05) is 23.2 Å². The summed E-state index contributed by atoms with van der Waals surface area (Å²) in [5.74, 6) is 1.70. The van der Waals surface area contributed by atoms with E-state index < -0.39 is 5.97 Å². The topological polar surface area (TPSA) is 49.3 Å². The Morgan fingerprint density at radius 3 is 3.07 bits per heavy atom. The molecule has 0 unspecified atom stereocenters. The highest BCUT2D eigenvalue weighted by Gasteiger charge is 2.05. The highest BCUT2D eigenvalue weighted by molar-refractivity contribution is 7.10. The van der Waals surface area contributed by atoms with Crippen LogP contribution in [0.25, 0.3) is 0 Å². The van der Waals surface area contributed by atoms with Crippen molar-refractivity contribution >= 4 is 17.3 Å². The van der Waals surface area contributed by atoms with Gasteiger partial charge in [0.15, 0.2) is 0 Å². The Balaban J connectivity index is 2.26. The number of rotatable bonds is 6. The lowest BCUT2D eigenvalue weighted by atomic mass is 10.3. The van der Waals surface area contributed by atoms with Crippen LogP contribution in [0.4, 0.5) is 0 Å². The van der Waals surface area contributed by atoms with Crippen molar-refractivity contribution in [3.63, 3.8) is 0 Å². The minimum atomic E-state index is -0.871. The summed E-state index contributed by atoms with van der Waals surface area (Å²) in [7, 11) is 0. The van der Waals surface area contributed by atoms with Crippen LogP contribution in [0.15, 0.2) is 11.4 Å². The smallest absolute Gasteiger partial charge is 0.336 e. The summed E-state index contributed by atoms with van der Waals surface area (Å²) >= 11 is 1.46. The number of aromatic carboxylic acids is 1. The molecule has 3 nitrogen and oxygen atoms in total. The molecule has 1 aromatic heterocycles. The van der Waals surface area contributed by atoms with Crippen LogP contribution in [-0.2, 0) is 6.54 Å². The second-order valence-electron chi connectivity index (χ2n) is 3.09. The van der Waals surface area contributed by atoms with Gasteiger partial charge in [-0.1, -0.05) is 0 Å². The Morgan fingerprint density at radius 1 is 1.67 bits per heavy atom. The van der Waals surface area contributed by atoms with Crippen molar-refractivity contribution in [2.75, 3.05) is 6.54 Å². The van der Waals surface area contributed by atoms with E-state index in [-0.39, 0.29) is 0 Å². The van der Waals surface area contributed by atoms with E-state index in [1.807, 2.05) is 0 Å². The summed E-state index contributed by atoms with van der Waals surface area (Å²) in [5.41, 5.74) is 0.362. The molecule has 0 aromatic carbocycles. The molecule has 0 radical (unpaired) electrons. The molecule has 0 aliphatic heterocycles. The monoisotopic (exact) mass is 223 g/mol. The maximum absolute atomic E-state index is 10.6. The van der Waals surface area contributed by atoms with Crippen molar-refractivity contribution in [1.29, 1.82) is 0 Å². The van der Waals surface area contributed by atoms with Crippen molar-refractivity contribution < 1.29 is 9.90 Å². The molecule has 0 spiro atoms. The fourth-order valence-corrected chi connectivity index (χ4v) is 1.94. The van der Waals surface area contributed by atoms with Crippen LogP contribution < -0.4 is 5.32 Å². The normalized spacial score (nSPS) is 9.80. The van der Waals surface area contributed by atoms with Crippen LogP contribution in [0.1, 0.15) is 28.1 Å². The number of unbranched alkanes of at least 4 members (excludes halogenated alkanes) is 1. The Kier molecular flexibility index (Phi) is 4.88. The summed E-state index contributed by atoms with van der Waals surface area (Å²) < 4.78 is 0. The zero-order valence-electron chi connectivity index (χ0n) is 8.32. The van der Waals surface area contributed by atoms with Crippen LogP contribution in [0.5, 0.6) is 0 Å². The number of carboxylic acid groups (broad SMARTS) is 1. The zero-order chi connectivity index (χ0) is 11.1. The van der Waals surface area contributed by atoms with Gasteiger partial charge < -0.3 is 10.4 Å². The summed E-state index contributed by atoms with van der Waals surface area (Å²) in [6.45, 7) is 1.58. The number of carboxylic acids is 1. The molecule has 0 fully saturated rings. The lowest BCUT2D eigenvalue weighted by Gasteiger charge is -1.99. The third-order valence-electron chi connectivity index (χ3n) is 1.87. The number of carbonyl (C=O) groups is 1. The molecule has 0 aliphatic rings. The van der Waals surface area contributed by atoms with Gasteiger partial charge in [-0.25, -0.2) is 4.79 Å². The molecule has 2 N–H and O–H groups in total. The van der Waals surface area contributed by atoms with E-state index in [0.29, 0.717) is 12.1 Å². The van der Waals surface area contributed by atoms with E-state index >= 15 is 0 Å². The Bertz CT molecular complexity index is 365. The maximum Gasteiger partial charge on any atom is 0.336 e. The van der Waals surface area contributed by atoms with E-state index in [4.69, 9.17) is 11.5 Å².